The SMILES string of the molecule is CC(C)n1ncc2cc(C(=O)Oc3ccc([N+](=O)[O-])cc3Cl)cnc21. The lowest BCUT2D eigenvalue weighted by atomic mass is 10.2. The zero-order chi connectivity index (χ0) is 18.1. The molecule has 0 atom stereocenters. The van der Waals surface area contributed by atoms with Crippen molar-refractivity contribution in [3.8, 4) is 5.75 Å². The Hall–Kier alpha value is -3.00. The molecule has 0 fully saturated rings. The minimum atomic E-state index is -0.664. The van der Waals surface area contributed by atoms with E-state index in [9.17, 15) is 14.9 Å². The Morgan fingerprint density at radius 1 is 1.32 bits per heavy atom. The average molecular weight is 361 g/mol. The van der Waals surface area contributed by atoms with E-state index in [2.05, 4.69) is 10.1 Å². The van der Waals surface area contributed by atoms with Gasteiger partial charge in [0, 0.05) is 29.8 Å². The van der Waals surface area contributed by atoms with Crippen molar-refractivity contribution < 1.29 is 14.5 Å². The summed E-state index contributed by atoms with van der Waals surface area (Å²) in [5.74, 6) is -0.627. The number of nitro groups is 1. The molecule has 0 amide bonds. The second-order valence-electron chi connectivity index (χ2n) is 5.58. The number of nitro benzene ring substituents is 1. The van der Waals surface area contributed by atoms with Crippen LogP contribution in [0.25, 0.3) is 11.0 Å². The maximum Gasteiger partial charge on any atom is 0.345 e. The van der Waals surface area contributed by atoms with Gasteiger partial charge in [-0.05, 0) is 26.0 Å². The minimum absolute atomic E-state index is 0.0239. The standard InChI is InChI=1S/C16H13ClN4O4/c1-9(2)20-15-10(8-19-20)5-11(7-18-15)16(22)25-14-4-3-12(21(23)24)6-13(14)17/h3-9H,1-2H3. The predicted molar refractivity (Wildman–Crippen MR) is 91.0 cm³/mol. The zero-order valence-electron chi connectivity index (χ0n) is 13.3. The fraction of sp³-hybridized carbons (Fsp3) is 0.188. The summed E-state index contributed by atoms with van der Waals surface area (Å²) in [6.07, 6.45) is 3.02. The van der Waals surface area contributed by atoms with Gasteiger partial charge < -0.3 is 4.74 Å². The van der Waals surface area contributed by atoms with Crippen LogP contribution in [0, 0.1) is 10.1 Å². The monoisotopic (exact) mass is 360 g/mol. The summed E-state index contributed by atoms with van der Waals surface area (Å²) >= 11 is 5.93. The van der Waals surface area contributed by atoms with E-state index in [1.165, 1.54) is 18.3 Å². The lowest BCUT2D eigenvalue weighted by molar-refractivity contribution is -0.384. The zero-order valence-corrected chi connectivity index (χ0v) is 14.1. The van der Waals surface area contributed by atoms with Gasteiger partial charge in [0.2, 0.25) is 0 Å². The summed E-state index contributed by atoms with van der Waals surface area (Å²) in [5.41, 5.74) is 0.708. The summed E-state index contributed by atoms with van der Waals surface area (Å²) < 4.78 is 6.96. The number of pyridine rings is 1. The number of hydrogen-bond donors (Lipinski definition) is 0. The fourth-order valence-corrected chi connectivity index (χ4v) is 2.49. The van der Waals surface area contributed by atoms with Crippen molar-refractivity contribution in [1.82, 2.24) is 14.8 Å². The molecule has 0 saturated heterocycles. The van der Waals surface area contributed by atoms with Crippen LogP contribution in [0.1, 0.15) is 30.2 Å². The van der Waals surface area contributed by atoms with Crippen LogP contribution in [-0.4, -0.2) is 25.7 Å². The Morgan fingerprint density at radius 3 is 2.72 bits per heavy atom. The Morgan fingerprint density at radius 2 is 2.08 bits per heavy atom. The van der Waals surface area contributed by atoms with Gasteiger partial charge in [-0.25, -0.2) is 14.5 Å². The lowest BCUT2D eigenvalue weighted by Gasteiger charge is -2.07. The summed E-state index contributed by atoms with van der Waals surface area (Å²) in [5, 5.41) is 15.6. The van der Waals surface area contributed by atoms with Crippen molar-refractivity contribution in [2.24, 2.45) is 0 Å². The molecule has 0 radical (unpaired) electrons. The van der Waals surface area contributed by atoms with E-state index < -0.39 is 10.9 Å². The van der Waals surface area contributed by atoms with E-state index in [-0.39, 0.29) is 28.1 Å². The first-order valence-electron chi connectivity index (χ1n) is 7.36. The molecule has 128 valence electrons. The lowest BCUT2D eigenvalue weighted by Crippen LogP contribution is -2.10. The Bertz CT molecular complexity index is 983. The average Bonchev–Trinajstić information content (AvgIpc) is 2.99. The summed E-state index contributed by atoms with van der Waals surface area (Å²) in [6.45, 7) is 3.96. The number of halogens is 1. The number of ether oxygens (including phenoxy) is 1. The van der Waals surface area contributed by atoms with Gasteiger partial charge in [-0.2, -0.15) is 5.10 Å². The van der Waals surface area contributed by atoms with E-state index >= 15 is 0 Å². The molecule has 0 bridgehead atoms. The number of non-ortho nitro benzene ring substituents is 1. The van der Waals surface area contributed by atoms with Crippen molar-refractivity contribution in [1.29, 1.82) is 0 Å². The molecule has 3 rings (SSSR count). The molecule has 8 nitrogen and oxygen atoms in total. The van der Waals surface area contributed by atoms with E-state index in [1.807, 2.05) is 13.8 Å². The Balaban J connectivity index is 1.86. The number of esters is 1. The third-order valence-corrected chi connectivity index (χ3v) is 3.78. The molecule has 0 spiro atoms. The van der Waals surface area contributed by atoms with Gasteiger partial charge in [-0.1, -0.05) is 11.6 Å². The van der Waals surface area contributed by atoms with Gasteiger partial charge in [0.1, 0.15) is 5.75 Å². The fourth-order valence-electron chi connectivity index (χ4n) is 2.27. The molecule has 0 aliphatic carbocycles. The molecule has 3 aromatic rings. The van der Waals surface area contributed by atoms with Crippen molar-refractivity contribution in [2.45, 2.75) is 19.9 Å². The van der Waals surface area contributed by atoms with Crippen molar-refractivity contribution in [2.75, 3.05) is 0 Å². The van der Waals surface area contributed by atoms with Crippen LogP contribution in [0.5, 0.6) is 5.75 Å². The number of carbonyl (C=O) groups excluding carboxylic acids is 1. The van der Waals surface area contributed by atoms with E-state index in [4.69, 9.17) is 16.3 Å². The molecule has 0 saturated carbocycles. The molecule has 9 heteroatoms. The maximum absolute atomic E-state index is 12.3. The van der Waals surface area contributed by atoms with Gasteiger partial charge in [-0.3, -0.25) is 10.1 Å². The van der Waals surface area contributed by atoms with E-state index in [1.54, 1.807) is 16.9 Å². The second kappa shape index (κ2) is 6.48. The molecular formula is C16H13ClN4O4. The van der Waals surface area contributed by atoms with Gasteiger partial charge in [-0.15, -0.1) is 0 Å². The van der Waals surface area contributed by atoms with Crippen molar-refractivity contribution in [3.05, 3.63) is 57.4 Å². The number of rotatable bonds is 4. The van der Waals surface area contributed by atoms with Crippen LogP contribution in [0.4, 0.5) is 5.69 Å². The topological polar surface area (TPSA) is 100 Å². The molecule has 0 N–H and O–H groups in total. The molecule has 25 heavy (non-hydrogen) atoms. The van der Waals surface area contributed by atoms with E-state index in [0.29, 0.717) is 11.0 Å². The molecule has 0 unspecified atom stereocenters. The first-order valence-corrected chi connectivity index (χ1v) is 7.74. The first-order chi connectivity index (χ1) is 11.9. The summed E-state index contributed by atoms with van der Waals surface area (Å²) in [4.78, 5) is 26.7. The van der Waals surface area contributed by atoms with Gasteiger partial charge in [0.25, 0.3) is 5.69 Å². The highest BCUT2D eigenvalue weighted by molar-refractivity contribution is 6.32. The second-order valence-corrected chi connectivity index (χ2v) is 5.99. The first kappa shape index (κ1) is 16.8. The quantitative estimate of drug-likeness (QED) is 0.303. The Kier molecular flexibility index (Phi) is 4.37. The Labute approximate surface area is 147 Å². The van der Waals surface area contributed by atoms with Crippen molar-refractivity contribution in [3.63, 3.8) is 0 Å². The minimum Gasteiger partial charge on any atom is -0.421 e. The van der Waals surface area contributed by atoms with Gasteiger partial charge in [0.05, 0.1) is 21.7 Å². The highest BCUT2D eigenvalue weighted by Gasteiger charge is 2.16. The van der Waals surface area contributed by atoms with Crippen LogP contribution < -0.4 is 4.74 Å². The normalized spacial score (nSPS) is 11.0. The van der Waals surface area contributed by atoms with Gasteiger partial charge in [0.15, 0.2) is 5.65 Å². The van der Waals surface area contributed by atoms with Crippen molar-refractivity contribution >= 4 is 34.3 Å². The van der Waals surface area contributed by atoms with Gasteiger partial charge >= 0.3 is 5.97 Å². The van der Waals surface area contributed by atoms with Crippen LogP contribution in [0.2, 0.25) is 5.02 Å². The van der Waals surface area contributed by atoms with Crippen LogP contribution >= 0.6 is 11.6 Å². The number of fused-ring (bicyclic) bond motifs is 1. The number of aromatic nitrogens is 3. The largest absolute Gasteiger partial charge is 0.421 e. The molecule has 1 aromatic carbocycles. The van der Waals surface area contributed by atoms with Crippen LogP contribution in [-0.2, 0) is 0 Å². The number of hydrogen-bond acceptors (Lipinski definition) is 6. The molecule has 2 aromatic heterocycles. The van der Waals surface area contributed by atoms with Crippen LogP contribution in [0.15, 0.2) is 36.7 Å². The third kappa shape index (κ3) is 3.29. The molecule has 2 heterocycles. The smallest absolute Gasteiger partial charge is 0.345 e. The third-order valence-electron chi connectivity index (χ3n) is 3.49. The summed E-state index contributed by atoms with van der Waals surface area (Å²) in [7, 11) is 0. The number of benzene rings is 1. The summed E-state index contributed by atoms with van der Waals surface area (Å²) in [6, 6.07) is 5.37. The number of nitrogens with zero attached hydrogens (tertiary/aromatic N) is 4. The van der Waals surface area contributed by atoms with E-state index in [0.717, 1.165) is 6.07 Å². The molecular weight excluding hydrogens is 348 g/mol. The predicted octanol–water partition coefficient (Wildman–Crippen LogP) is 3.79. The molecule has 0 aliphatic heterocycles. The molecule has 0 aliphatic rings. The highest BCUT2D eigenvalue weighted by Crippen LogP contribution is 2.29. The maximum atomic E-state index is 12.3. The van der Waals surface area contributed by atoms with Crippen LogP contribution in [0.3, 0.4) is 0 Å². The highest BCUT2D eigenvalue weighted by atomic mass is 35.5. The number of carbonyl (C=O) groups is 1.